The van der Waals surface area contributed by atoms with E-state index in [-0.39, 0.29) is 17.9 Å². The fourth-order valence-corrected chi connectivity index (χ4v) is 4.27. The van der Waals surface area contributed by atoms with Gasteiger partial charge in [0, 0.05) is 37.7 Å². The van der Waals surface area contributed by atoms with Gasteiger partial charge < -0.3 is 10.6 Å². The lowest BCUT2D eigenvalue weighted by Crippen LogP contribution is -2.57. The molecule has 2 fully saturated rings. The molecule has 0 aromatic carbocycles. The van der Waals surface area contributed by atoms with Crippen molar-refractivity contribution in [2.45, 2.75) is 43.8 Å². The number of H-pyrrole nitrogens is 1. The summed E-state index contributed by atoms with van der Waals surface area (Å²) in [6.07, 6.45) is 8.60. The minimum absolute atomic E-state index is 0.0457. The maximum atomic E-state index is 13.1. The lowest BCUT2D eigenvalue weighted by Gasteiger charge is -2.40. The van der Waals surface area contributed by atoms with E-state index >= 15 is 0 Å². The van der Waals surface area contributed by atoms with Crippen molar-refractivity contribution >= 4 is 11.8 Å². The molecule has 3 N–H and O–H groups in total. The first-order chi connectivity index (χ1) is 13.2. The molecule has 0 unspecified atom stereocenters. The molecule has 142 valence electrons. The van der Waals surface area contributed by atoms with Gasteiger partial charge in [0.15, 0.2) is 0 Å². The van der Waals surface area contributed by atoms with Gasteiger partial charge in [0.1, 0.15) is 11.2 Å². The number of carbonyl (C=O) groups excluding carboxylic acids is 2. The molecule has 2 aliphatic rings. The third-order valence-corrected chi connectivity index (χ3v) is 5.58. The lowest BCUT2D eigenvalue weighted by molar-refractivity contribution is -0.134. The second kappa shape index (κ2) is 7.48. The zero-order valence-corrected chi connectivity index (χ0v) is 15.1. The quantitative estimate of drug-likeness (QED) is 0.726. The Morgan fingerprint density at radius 1 is 1.30 bits per heavy atom. The summed E-state index contributed by atoms with van der Waals surface area (Å²) in [6, 6.07) is 5.41. The first kappa shape index (κ1) is 17.7. The number of carbonyl (C=O) groups is 2. The highest BCUT2D eigenvalue weighted by Crippen LogP contribution is 2.38. The molecule has 2 aromatic rings. The molecule has 2 amide bonds. The standard InChI is InChI=1S/C19H24N6O2/c26-17(16-5-8-22-24-16)23-15-10-19(6-1-2-9-25(19)13-15)18(27)21-12-14-4-3-7-20-11-14/h3-5,7-8,11,15H,1-2,6,9-10,12-13H2,(H,21,27)(H,22,24)(H,23,26)/t15-,19-/m0/s1. The van der Waals surface area contributed by atoms with Crippen LogP contribution in [0.1, 0.15) is 41.7 Å². The third kappa shape index (κ3) is 3.57. The zero-order valence-electron chi connectivity index (χ0n) is 15.1. The number of aromatic nitrogens is 3. The number of piperidine rings is 1. The van der Waals surface area contributed by atoms with Gasteiger partial charge in [-0.15, -0.1) is 0 Å². The van der Waals surface area contributed by atoms with Crippen LogP contribution in [0.4, 0.5) is 0 Å². The highest BCUT2D eigenvalue weighted by Gasteiger charge is 2.52. The Bertz CT molecular complexity index is 794. The number of pyridine rings is 1. The minimum Gasteiger partial charge on any atom is -0.350 e. The number of hydrogen-bond donors (Lipinski definition) is 3. The maximum Gasteiger partial charge on any atom is 0.269 e. The monoisotopic (exact) mass is 368 g/mol. The molecule has 2 saturated heterocycles. The number of rotatable bonds is 5. The second-order valence-electron chi connectivity index (χ2n) is 7.32. The predicted octanol–water partition coefficient (Wildman–Crippen LogP) is 0.848. The van der Waals surface area contributed by atoms with Gasteiger partial charge in [-0.05, 0) is 49.9 Å². The van der Waals surface area contributed by atoms with Crippen molar-refractivity contribution in [1.29, 1.82) is 0 Å². The highest BCUT2D eigenvalue weighted by molar-refractivity contribution is 5.92. The summed E-state index contributed by atoms with van der Waals surface area (Å²) in [4.78, 5) is 31.8. The van der Waals surface area contributed by atoms with Gasteiger partial charge in [-0.25, -0.2) is 0 Å². The van der Waals surface area contributed by atoms with Gasteiger partial charge in [-0.1, -0.05) is 6.07 Å². The second-order valence-corrected chi connectivity index (χ2v) is 7.32. The molecule has 2 aromatic heterocycles. The molecular formula is C19H24N6O2. The Hall–Kier alpha value is -2.74. The zero-order chi connectivity index (χ0) is 18.7. The number of fused-ring (bicyclic) bond motifs is 1. The van der Waals surface area contributed by atoms with Crippen molar-refractivity contribution in [1.82, 2.24) is 30.7 Å². The van der Waals surface area contributed by atoms with Crippen molar-refractivity contribution in [2.75, 3.05) is 13.1 Å². The average Bonchev–Trinajstić information content (AvgIpc) is 3.35. The molecule has 0 bridgehead atoms. The van der Waals surface area contributed by atoms with Crippen molar-refractivity contribution in [2.24, 2.45) is 0 Å². The average molecular weight is 368 g/mol. The van der Waals surface area contributed by atoms with Crippen LogP contribution in [0.3, 0.4) is 0 Å². The predicted molar refractivity (Wildman–Crippen MR) is 98.7 cm³/mol. The van der Waals surface area contributed by atoms with Crippen LogP contribution >= 0.6 is 0 Å². The summed E-state index contributed by atoms with van der Waals surface area (Å²) in [5, 5.41) is 12.6. The van der Waals surface area contributed by atoms with Gasteiger partial charge in [0.05, 0.1) is 0 Å². The Kier molecular flexibility index (Phi) is 4.89. The fourth-order valence-electron chi connectivity index (χ4n) is 4.27. The van der Waals surface area contributed by atoms with E-state index < -0.39 is 5.54 Å². The molecule has 2 atom stereocenters. The SMILES string of the molecule is O=C(N[C@@H]1CN2CCCC[C@@]2(C(=O)NCc2cccnc2)C1)c1ccn[nH]1. The van der Waals surface area contributed by atoms with Gasteiger partial charge in [-0.3, -0.25) is 24.6 Å². The summed E-state index contributed by atoms with van der Waals surface area (Å²) >= 11 is 0. The van der Waals surface area contributed by atoms with Crippen molar-refractivity contribution < 1.29 is 9.59 Å². The Balaban J connectivity index is 1.44. The molecule has 4 heterocycles. The van der Waals surface area contributed by atoms with E-state index in [0.29, 0.717) is 25.2 Å². The summed E-state index contributed by atoms with van der Waals surface area (Å²) < 4.78 is 0. The topological polar surface area (TPSA) is 103 Å². The molecule has 4 rings (SSSR count). The van der Waals surface area contributed by atoms with Crippen LogP contribution in [0.2, 0.25) is 0 Å². The van der Waals surface area contributed by atoms with Crippen LogP contribution in [-0.2, 0) is 11.3 Å². The molecule has 0 radical (unpaired) electrons. The van der Waals surface area contributed by atoms with Crippen molar-refractivity contribution in [3.8, 4) is 0 Å². The van der Waals surface area contributed by atoms with Crippen LogP contribution in [0.5, 0.6) is 0 Å². The summed E-state index contributed by atoms with van der Waals surface area (Å²) in [6.45, 7) is 2.05. The van der Waals surface area contributed by atoms with Crippen LogP contribution in [-0.4, -0.2) is 56.6 Å². The van der Waals surface area contributed by atoms with E-state index in [1.807, 2.05) is 12.1 Å². The Morgan fingerprint density at radius 2 is 2.22 bits per heavy atom. The first-order valence-electron chi connectivity index (χ1n) is 9.40. The molecule has 0 saturated carbocycles. The van der Waals surface area contributed by atoms with E-state index in [1.165, 1.54) is 0 Å². The number of nitrogens with one attached hydrogen (secondary N) is 3. The molecule has 0 spiro atoms. The molecular weight excluding hydrogens is 344 g/mol. The minimum atomic E-state index is -0.535. The molecule has 8 heteroatoms. The van der Waals surface area contributed by atoms with Crippen LogP contribution in [0, 0.1) is 0 Å². The van der Waals surface area contributed by atoms with Crippen LogP contribution < -0.4 is 10.6 Å². The lowest BCUT2D eigenvalue weighted by atomic mass is 9.84. The normalized spacial score (nSPS) is 25.0. The number of amides is 2. The molecule has 8 nitrogen and oxygen atoms in total. The van der Waals surface area contributed by atoms with Gasteiger partial charge in [0.25, 0.3) is 5.91 Å². The van der Waals surface area contributed by atoms with Crippen LogP contribution in [0.25, 0.3) is 0 Å². The fraction of sp³-hybridized carbons (Fsp3) is 0.474. The van der Waals surface area contributed by atoms with E-state index in [4.69, 9.17) is 0 Å². The third-order valence-electron chi connectivity index (χ3n) is 5.58. The van der Waals surface area contributed by atoms with E-state index in [2.05, 4.69) is 30.7 Å². The van der Waals surface area contributed by atoms with E-state index in [9.17, 15) is 9.59 Å². The summed E-state index contributed by atoms with van der Waals surface area (Å²) in [5.41, 5.74) is 0.883. The Labute approximate surface area is 157 Å². The largest absolute Gasteiger partial charge is 0.350 e. The first-order valence-corrected chi connectivity index (χ1v) is 9.40. The number of aromatic amines is 1. The van der Waals surface area contributed by atoms with E-state index in [0.717, 1.165) is 31.4 Å². The van der Waals surface area contributed by atoms with Gasteiger partial charge >= 0.3 is 0 Å². The Morgan fingerprint density at radius 3 is 3.00 bits per heavy atom. The molecule has 27 heavy (non-hydrogen) atoms. The summed E-state index contributed by atoms with van der Waals surface area (Å²) in [7, 11) is 0. The summed E-state index contributed by atoms with van der Waals surface area (Å²) in [5.74, 6) is -0.132. The highest BCUT2D eigenvalue weighted by atomic mass is 16.2. The smallest absolute Gasteiger partial charge is 0.269 e. The van der Waals surface area contributed by atoms with Gasteiger partial charge in [-0.2, -0.15) is 5.10 Å². The maximum absolute atomic E-state index is 13.1. The number of nitrogens with zero attached hydrogens (tertiary/aromatic N) is 3. The number of hydrogen-bond acceptors (Lipinski definition) is 5. The van der Waals surface area contributed by atoms with Gasteiger partial charge in [0.2, 0.25) is 5.91 Å². The van der Waals surface area contributed by atoms with Crippen molar-refractivity contribution in [3.05, 3.63) is 48.0 Å². The molecule has 0 aliphatic carbocycles. The van der Waals surface area contributed by atoms with Crippen molar-refractivity contribution in [3.63, 3.8) is 0 Å². The molecule has 2 aliphatic heterocycles. The van der Waals surface area contributed by atoms with Crippen LogP contribution in [0.15, 0.2) is 36.8 Å². The van der Waals surface area contributed by atoms with E-state index in [1.54, 1.807) is 24.7 Å².